The van der Waals surface area contributed by atoms with Crippen molar-refractivity contribution < 1.29 is 17.6 Å². The molecule has 0 rings (SSSR count). The Hall–Kier alpha value is -0.583. The van der Waals surface area contributed by atoms with Crippen molar-refractivity contribution in [2.24, 2.45) is 0 Å². The van der Waals surface area contributed by atoms with Crippen LogP contribution in [0.3, 0.4) is 0 Å². The molecule has 0 amide bonds. The highest BCUT2D eigenvalue weighted by Gasteiger charge is 2.40. The fourth-order valence-electron chi connectivity index (χ4n) is 1.72. The van der Waals surface area contributed by atoms with Crippen LogP contribution in [0.15, 0.2) is 23.4 Å². The third-order valence-corrected chi connectivity index (χ3v) is 4.87. The number of halogens is 4. The Labute approximate surface area is 101 Å². The maximum Gasteiger partial charge on any atom is 0.307 e. The van der Waals surface area contributed by atoms with Crippen molar-refractivity contribution in [1.29, 1.82) is 0 Å². The Morgan fingerprint density at radius 2 is 1.76 bits per heavy atom. The molecular formula is C12H20F4Si. The quantitative estimate of drug-likeness (QED) is 0.359. The zero-order valence-corrected chi connectivity index (χ0v) is 11.8. The first-order chi connectivity index (χ1) is 7.52. The van der Waals surface area contributed by atoms with Gasteiger partial charge >= 0.3 is 12.3 Å². The van der Waals surface area contributed by atoms with Crippen LogP contribution in [0.4, 0.5) is 17.6 Å². The van der Waals surface area contributed by atoms with Crippen LogP contribution in [0, 0.1) is 0 Å². The molecule has 0 fully saturated rings. The second kappa shape index (κ2) is 5.84. The number of hydrogen-bond acceptors (Lipinski definition) is 0. The summed E-state index contributed by atoms with van der Waals surface area (Å²) in [6.07, 6.45) is -2.74. The fourth-order valence-corrected chi connectivity index (χ4v) is 3.74. The second-order valence-electron chi connectivity index (χ2n) is 5.21. The van der Waals surface area contributed by atoms with Crippen LogP contribution in [0.5, 0.6) is 0 Å². The summed E-state index contributed by atoms with van der Waals surface area (Å²) in [6, 6.07) is 0. The summed E-state index contributed by atoms with van der Waals surface area (Å²) in [7, 11) is -1.64. The Bertz CT molecular complexity index is 300. The Balaban J connectivity index is 4.80. The molecule has 0 aromatic rings. The fraction of sp³-hybridized carbons (Fsp3) is 0.667. The normalized spacial score (nSPS) is 14.9. The van der Waals surface area contributed by atoms with Crippen LogP contribution < -0.4 is 0 Å². The van der Waals surface area contributed by atoms with E-state index >= 15 is 0 Å². The first-order valence-corrected chi connectivity index (χ1v) is 9.01. The molecule has 0 saturated carbocycles. The predicted octanol–water partition coefficient (Wildman–Crippen LogP) is 5.05. The summed E-state index contributed by atoms with van der Waals surface area (Å²) in [5.74, 6) is -3.90. The molecular weight excluding hydrogens is 248 g/mol. The van der Waals surface area contributed by atoms with E-state index in [0.29, 0.717) is 0 Å². The first-order valence-electron chi connectivity index (χ1n) is 5.51. The maximum atomic E-state index is 12.8. The predicted molar refractivity (Wildman–Crippen MR) is 66.4 cm³/mol. The van der Waals surface area contributed by atoms with Gasteiger partial charge in [0.1, 0.15) is 0 Å². The first kappa shape index (κ1) is 16.4. The third kappa shape index (κ3) is 5.06. The molecule has 0 saturated heterocycles. The molecule has 0 N–H and O–H groups in total. The smallest absolute Gasteiger partial charge is 0.204 e. The number of alkyl halides is 4. The Morgan fingerprint density at radius 3 is 2.06 bits per heavy atom. The maximum absolute atomic E-state index is 12.8. The molecule has 17 heavy (non-hydrogen) atoms. The van der Waals surface area contributed by atoms with E-state index in [-0.39, 0.29) is 6.42 Å². The molecule has 0 aliphatic carbocycles. The topological polar surface area (TPSA) is 0 Å². The van der Waals surface area contributed by atoms with Gasteiger partial charge in [0.25, 0.3) is 0 Å². The lowest BCUT2D eigenvalue weighted by Crippen LogP contribution is -2.27. The van der Waals surface area contributed by atoms with E-state index in [9.17, 15) is 17.6 Å². The van der Waals surface area contributed by atoms with E-state index in [1.165, 1.54) is 0 Å². The molecule has 0 aliphatic heterocycles. The van der Waals surface area contributed by atoms with Gasteiger partial charge in [-0.05, 0) is 13.3 Å². The average molecular weight is 268 g/mol. The van der Waals surface area contributed by atoms with Crippen molar-refractivity contribution in [1.82, 2.24) is 0 Å². The van der Waals surface area contributed by atoms with Gasteiger partial charge < -0.3 is 0 Å². The zero-order valence-electron chi connectivity index (χ0n) is 10.8. The van der Waals surface area contributed by atoms with Crippen LogP contribution >= 0.6 is 0 Å². The highest BCUT2D eigenvalue weighted by Crippen LogP contribution is 2.31. The SMILES string of the molecule is C=C/C(=C(/C)CCC(F)(F)C(F)F)[Si](C)(C)C. The summed E-state index contributed by atoms with van der Waals surface area (Å²) < 4.78 is 49.6. The van der Waals surface area contributed by atoms with Crippen LogP contribution in [0.1, 0.15) is 19.8 Å². The van der Waals surface area contributed by atoms with Crippen molar-refractivity contribution >= 4 is 8.07 Å². The summed E-state index contributed by atoms with van der Waals surface area (Å²) in [6.45, 7) is 11.6. The molecule has 0 aromatic carbocycles. The minimum Gasteiger partial charge on any atom is -0.204 e. The lowest BCUT2D eigenvalue weighted by Gasteiger charge is -2.22. The van der Waals surface area contributed by atoms with Crippen molar-refractivity contribution in [3.8, 4) is 0 Å². The van der Waals surface area contributed by atoms with E-state index < -0.39 is 26.8 Å². The molecule has 0 radical (unpaired) electrons. The van der Waals surface area contributed by atoms with E-state index in [1.807, 2.05) is 0 Å². The standard InChI is InChI=1S/C12H20F4Si/c1-6-10(17(3,4)5)9(2)7-8-12(15,16)11(13)14/h6,11H,1,7-8H2,2-5H3/b10-9+. The van der Waals surface area contributed by atoms with Gasteiger partial charge in [-0.3, -0.25) is 0 Å². The van der Waals surface area contributed by atoms with Crippen LogP contribution in [0.25, 0.3) is 0 Å². The highest BCUT2D eigenvalue weighted by molar-refractivity contribution is 6.83. The van der Waals surface area contributed by atoms with Gasteiger partial charge in [-0.1, -0.05) is 43.1 Å². The van der Waals surface area contributed by atoms with Crippen molar-refractivity contribution in [2.75, 3.05) is 0 Å². The molecule has 5 heteroatoms. The average Bonchev–Trinajstić information content (AvgIpc) is 2.13. The van der Waals surface area contributed by atoms with Gasteiger partial charge in [0.2, 0.25) is 0 Å². The molecule has 0 atom stereocenters. The molecule has 0 bridgehead atoms. The van der Waals surface area contributed by atoms with Gasteiger partial charge in [0.05, 0.1) is 8.07 Å². The Morgan fingerprint density at radius 1 is 1.29 bits per heavy atom. The van der Waals surface area contributed by atoms with Crippen molar-refractivity contribution in [3.05, 3.63) is 23.4 Å². The molecule has 0 unspecified atom stereocenters. The summed E-state index contributed by atoms with van der Waals surface area (Å²) >= 11 is 0. The van der Waals surface area contributed by atoms with Crippen LogP contribution in [0.2, 0.25) is 19.6 Å². The van der Waals surface area contributed by atoms with Gasteiger partial charge in [-0.25, -0.2) is 17.6 Å². The molecule has 0 aliphatic rings. The second-order valence-corrected chi connectivity index (χ2v) is 10.2. The third-order valence-electron chi connectivity index (χ3n) is 2.62. The zero-order chi connectivity index (χ0) is 13.9. The van der Waals surface area contributed by atoms with Crippen molar-refractivity contribution in [3.63, 3.8) is 0 Å². The van der Waals surface area contributed by atoms with E-state index in [1.54, 1.807) is 13.0 Å². The minimum atomic E-state index is -3.90. The van der Waals surface area contributed by atoms with Crippen molar-refractivity contribution in [2.45, 2.75) is 51.8 Å². The van der Waals surface area contributed by atoms with E-state index in [0.717, 1.165) is 10.8 Å². The lowest BCUT2D eigenvalue weighted by molar-refractivity contribution is -0.132. The summed E-state index contributed by atoms with van der Waals surface area (Å²) in [5, 5.41) is 0.975. The molecule has 0 nitrogen and oxygen atoms in total. The summed E-state index contributed by atoms with van der Waals surface area (Å²) in [4.78, 5) is 0. The van der Waals surface area contributed by atoms with Crippen LogP contribution in [-0.2, 0) is 0 Å². The molecule has 0 heterocycles. The van der Waals surface area contributed by atoms with Crippen LogP contribution in [-0.4, -0.2) is 20.4 Å². The van der Waals surface area contributed by atoms with Gasteiger partial charge in [0, 0.05) is 6.42 Å². The Kier molecular flexibility index (Phi) is 5.64. The minimum absolute atomic E-state index is 0.0109. The molecule has 100 valence electrons. The lowest BCUT2D eigenvalue weighted by atomic mass is 10.1. The molecule has 0 spiro atoms. The van der Waals surface area contributed by atoms with E-state index in [4.69, 9.17) is 0 Å². The monoisotopic (exact) mass is 268 g/mol. The van der Waals surface area contributed by atoms with Gasteiger partial charge in [-0.2, -0.15) is 0 Å². The number of allylic oxidation sites excluding steroid dienone is 3. The highest BCUT2D eigenvalue weighted by atomic mass is 28.3. The summed E-state index contributed by atoms with van der Waals surface area (Å²) in [5.41, 5.74) is 0.750. The van der Waals surface area contributed by atoms with Gasteiger partial charge in [0.15, 0.2) is 0 Å². The largest absolute Gasteiger partial charge is 0.307 e. The number of rotatable bonds is 6. The number of hydrogen-bond donors (Lipinski definition) is 0. The van der Waals surface area contributed by atoms with E-state index in [2.05, 4.69) is 26.2 Å². The molecule has 0 aromatic heterocycles. The van der Waals surface area contributed by atoms with Gasteiger partial charge in [-0.15, -0.1) is 0 Å².